The monoisotopic (exact) mass is 420 g/mol. The highest BCUT2D eigenvalue weighted by Gasteiger charge is 2.40. The van der Waals surface area contributed by atoms with Crippen molar-refractivity contribution in [1.82, 2.24) is 15.1 Å². The van der Waals surface area contributed by atoms with Crippen molar-refractivity contribution in [2.24, 2.45) is 5.73 Å². The fraction of sp³-hybridized carbons (Fsp3) is 0.350. The third kappa shape index (κ3) is 4.39. The first-order chi connectivity index (χ1) is 13.3. The number of nitrogens with one attached hydrogen (secondary N) is 1. The van der Waals surface area contributed by atoms with E-state index < -0.39 is 11.4 Å². The van der Waals surface area contributed by atoms with Gasteiger partial charge in [0, 0.05) is 16.7 Å². The summed E-state index contributed by atoms with van der Waals surface area (Å²) < 4.78 is 1.67. The Balaban J connectivity index is 1.73. The maximum absolute atomic E-state index is 12.3. The maximum Gasteiger partial charge on any atom is 0.244 e. The minimum absolute atomic E-state index is 0.374. The van der Waals surface area contributed by atoms with Gasteiger partial charge in [0.15, 0.2) is 0 Å². The van der Waals surface area contributed by atoms with Crippen molar-refractivity contribution in [2.45, 2.75) is 44.7 Å². The van der Waals surface area contributed by atoms with Crippen LogP contribution >= 0.6 is 23.2 Å². The lowest BCUT2D eigenvalue weighted by atomic mass is 9.96. The van der Waals surface area contributed by atoms with Gasteiger partial charge in [-0.05, 0) is 43.5 Å². The standard InChI is InChI=1S/C20H22Cl2N4O2/c1-13-16(8-9-17(27)24-20(19(23)28)10-2-3-11-20)18(22)26(25-13)12-14-4-6-15(21)7-5-14/h4-9H,2-3,10-12H2,1H3,(H2,23,28)(H,24,27). The highest BCUT2D eigenvalue weighted by molar-refractivity contribution is 6.31. The van der Waals surface area contributed by atoms with Crippen molar-refractivity contribution in [1.29, 1.82) is 0 Å². The van der Waals surface area contributed by atoms with E-state index in [9.17, 15) is 9.59 Å². The van der Waals surface area contributed by atoms with E-state index in [0.717, 1.165) is 18.4 Å². The van der Waals surface area contributed by atoms with Crippen molar-refractivity contribution < 1.29 is 9.59 Å². The quantitative estimate of drug-likeness (QED) is 0.700. The van der Waals surface area contributed by atoms with Crippen LogP contribution in [0.1, 0.15) is 42.5 Å². The lowest BCUT2D eigenvalue weighted by molar-refractivity contribution is -0.129. The molecule has 1 heterocycles. The zero-order valence-electron chi connectivity index (χ0n) is 15.5. The minimum Gasteiger partial charge on any atom is -0.368 e. The van der Waals surface area contributed by atoms with Gasteiger partial charge in [-0.25, -0.2) is 4.68 Å². The lowest BCUT2D eigenvalue weighted by Crippen LogP contribution is -2.55. The molecule has 0 saturated heterocycles. The fourth-order valence-electron chi connectivity index (χ4n) is 3.47. The van der Waals surface area contributed by atoms with Crippen LogP contribution in [-0.2, 0) is 16.1 Å². The number of halogens is 2. The van der Waals surface area contributed by atoms with Crippen LogP contribution in [0.5, 0.6) is 0 Å². The van der Waals surface area contributed by atoms with Gasteiger partial charge >= 0.3 is 0 Å². The normalized spacial score (nSPS) is 15.8. The molecule has 8 heteroatoms. The first-order valence-corrected chi connectivity index (χ1v) is 9.84. The second-order valence-electron chi connectivity index (χ2n) is 7.05. The predicted octanol–water partition coefficient (Wildman–Crippen LogP) is 3.47. The second kappa shape index (κ2) is 8.37. The summed E-state index contributed by atoms with van der Waals surface area (Å²) in [6.07, 6.45) is 5.86. The number of nitrogens with zero attached hydrogens (tertiary/aromatic N) is 2. The van der Waals surface area contributed by atoms with Gasteiger partial charge in [-0.3, -0.25) is 9.59 Å². The van der Waals surface area contributed by atoms with Gasteiger partial charge < -0.3 is 11.1 Å². The number of nitrogens with two attached hydrogens (primary N) is 1. The molecular formula is C20H22Cl2N4O2. The number of aryl methyl sites for hydroxylation is 1. The molecular weight excluding hydrogens is 399 g/mol. The number of primary amides is 1. The molecule has 1 aromatic heterocycles. The van der Waals surface area contributed by atoms with Gasteiger partial charge in [0.2, 0.25) is 11.8 Å². The highest BCUT2D eigenvalue weighted by atomic mass is 35.5. The number of aromatic nitrogens is 2. The van der Waals surface area contributed by atoms with Crippen LogP contribution in [-0.4, -0.2) is 27.1 Å². The highest BCUT2D eigenvalue weighted by Crippen LogP contribution is 2.29. The molecule has 0 unspecified atom stereocenters. The van der Waals surface area contributed by atoms with Crippen LogP contribution in [0.3, 0.4) is 0 Å². The first-order valence-electron chi connectivity index (χ1n) is 9.08. The van der Waals surface area contributed by atoms with Crippen LogP contribution in [0.25, 0.3) is 6.08 Å². The lowest BCUT2D eigenvalue weighted by Gasteiger charge is -2.25. The molecule has 1 aromatic carbocycles. The molecule has 3 N–H and O–H groups in total. The van der Waals surface area contributed by atoms with Gasteiger partial charge in [-0.2, -0.15) is 5.10 Å². The molecule has 1 aliphatic carbocycles. The van der Waals surface area contributed by atoms with Gasteiger partial charge in [0.1, 0.15) is 10.7 Å². The van der Waals surface area contributed by atoms with E-state index >= 15 is 0 Å². The zero-order valence-corrected chi connectivity index (χ0v) is 17.1. The Morgan fingerprint density at radius 2 is 1.89 bits per heavy atom. The Kier molecular flexibility index (Phi) is 6.10. The molecule has 6 nitrogen and oxygen atoms in total. The number of benzene rings is 1. The molecule has 1 fully saturated rings. The van der Waals surface area contributed by atoms with Gasteiger partial charge in [0.25, 0.3) is 0 Å². The molecule has 2 aromatic rings. The van der Waals surface area contributed by atoms with Crippen LogP contribution in [0.15, 0.2) is 30.3 Å². The van der Waals surface area contributed by atoms with E-state index in [4.69, 9.17) is 28.9 Å². The summed E-state index contributed by atoms with van der Waals surface area (Å²) in [5.41, 5.74) is 6.92. The summed E-state index contributed by atoms with van der Waals surface area (Å²) in [6, 6.07) is 7.43. The van der Waals surface area contributed by atoms with Crippen molar-refractivity contribution in [2.75, 3.05) is 0 Å². The van der Waals surface area contributed by atoms with Crippen LogP contribution in [0.4, 0.5) is 0 Å². The molecule has 3 rings (SSSR count). The minimum atomic E-state index is -0.945. The molecule has 1 saturated carbocycles. The van der Waals surface area contributed by atoms with E-state index in [0.29, 0.717) is 40.8 Å². The molecule has 148 valence electrons. The summed E-state index contributed by atoms with van der Waals surface area (Å²) in [4.78, 5) is 24.1. The summed E-state index contributed by atoms with van der Waals surface area (Å²) in [6.45, 7) is 2.31. The molecule has 2 amide bonds. The van der Waals surface area contributed by atoms with E-state index in [1.807, 2.05) is 31.2 Å². The van der Waals surface area contributed by atoms with E-state index in [1.54, 1.807) is 10.8 Å². The Bertz CT molecular complexity index is 913. The summed E-state index contributed by atoms with van der Waals surface area (Å²) in [7, 11) is 0. The number of hydrogen-bond donors (Lipinski definition) is 2. The Hall–Kier alpha value is -2.31. The third-order valence-electron chi connectivity index (χ3n) is 5.05. The van der Waals surface area contributed by atoms with Crippen LogP contribution in [0, 0.1) is 6.92 Å². The summed E-state index contributed by atoms with van der Waals surface area (Å²) >= 11 is 12.4. The fourth-order valence-corrected chi connectivity index (χ4v) is 3.90. The molecule has 28 heavy (non-hydrogen) atoms. The average Bonchev–Trinajstić information content (AvgIpc) is 3.22. The topological polar surface area (TPSA) is 90.0 Å². The molecule has 0 radical (unpaired) electrons. The molecule has 0 spiro atoms. The van der Waals surface area contributed by atoms with Gasteiger partial charge in [-0.15, -0.1) is 0 Å². The first kappa shape index (κ1) is 20.4. The summed E-state index contributed by atoms with van der Waals surface area (Å²) in [5.74, 6) is -0.863. The smallest absolute Gasteiger partial charge is 0.244 e. The average molecular weight is 421 g/mol. The third-order valence-corrected chi connectivity index (χ3v) is 5.70. The molecule has 0 aliphatic heterocycles. The van der Waals surface area contributed by atoms with Crippen LogP contribution in [0.2, 0.25) is 10.2 Å². The number of rotatable bonds is 6. The van der Waals surface area contributed by atoms with Crippen molar-refractivity contribution >= 4 is 41.1 Å². The SMILES string of the molecule is Cc1nn(Cc2ccc(Cl)cc2)c(Cl)c1C=CC(=O)NC1(C(N)=O)CCCC1. The van der Waals surface area contributed by atoms with E-state index in [-0.39, 0.29) is 5.91 Å². The predicted molar refractivity (Wildman–Crippen MR) is 110 cm³/mol. The van der Waals surface area contributed by atoms with Gasteiger partial charge in [0.05, 0.1) is 12.2 Å². The molecule has 0 bridgehead atoms. The number of carbonyl (C=O) groups excluding carboxylic acids is 2. The molecule has 1 aliphatic rings. The van der Waals surface area contributed by atoms with E-state index in [2.05, 4.69) is 10.4 Å². The Morgan fingerprint density at radius 3 is 2.50 bits per heavy atom. The van der Waals surface area contributed by atoms with Crippen LogP contribution < -0.4 is 11.1 Å². The van der Waals surface area contributed by atoms with E-state index in [1.165, 1.54) is 6.08 Å². The van der Waals surface area contributed by atoms with Crippen molar-refractivity contribution in [3.63, 3.8) is 0 Å². The van der Waals surface area contributed by atoms with Crippen molar-refractivity contribution in [3.05, 3.63) is 57.3 Å². The van der Waals surface area contributed by atoms with Gasteiger partial charge in [-0.1, -0.05) is 48.2 Å². The number of amides is 2. The number of carbonyl (C=O) groups is 2. The Morgan fingerprint density at radius 1 is 1.25 bits per heavy atom. The Labute approximate surface area is 173 Å². The van der Waals surface area contributed by atoms with Crippen molar-refractivity contribution in [3.8, 4) is 0 Å². The largest absolute Gasteiger partial charge is 0.368 e. The molecule has 0 atom stereocenters. The maximum atomic E-state index is 12.3. The summed E-state index contributed by atoms with van der Waals surface area (Å²) in [5, 5.41) is 8.31. The second-order valence-corrected chi connectivity index (χ2v) is 7.84. The zero-order chi connectivity index (χ0) is 20.3. The number of hydrogen-bond acceptors (Lipinski definition) is 3.